The van der Waals surface area contributed by atoms with Crippen molar-refractivity contribution < 1.29 is 19.5 Å². The van der Waals surface area contributed by atoms with Gasteiger partial charge in [-0.05, 0) is 62.1 Å². The summed E-state index contributed by atoms with van der Waals surface area (Å²) in [5, 5.41) is 25.7. The molecule has 2 amide bonds. The highest BCUT2D eigenvalue weighted by Gasteiger charge is 2.44. The van der Waals surface area contributed by atoms with Gasteiger partial charge in [0.2, 0.25) is 0 Å². The Kier molecular flexibility index (Phi) is 5.80. The van der Waals surface area contributed by atoms with Crippen molar-refractivity contribution in [1.82, 2.24) is 9.78 Å². The van der Waals surface area contributed by atoms with Crippen LogP contribution in [0.3, 0.4) is 0 Å². The standard InChI is InChI=1S/C27H25N5O4/c1-17-16-31-23(22(15-29-31)24(33)30-20-5-2-4-19(12-20)14-28)25(34)32(17)21-8-6-18(7-9-21)13-27(26(35)36)10-3-11-27/h2,4-9,12,15,17H,3,10-11,13,16H2,1H3,(H,30,33)(H,35,36). The molecule has 3 aromatic rings. The fraction of sp³-hybridized carbons (Fsp3) is 0.296. The second kappa shape index (κ2) is 8.96. The largest absolute Gasteiger partial charge is 0.481 e. The molecule has 9 nitrogen and oxygen atoms in total. The van der Waals surface area contributed by atoms with Crippen LogP contribution in [0.5, 0.6) is 0 Å². The number of anilines is 2. The van der Waals surface area contributed by atoms with Gasteiger partial charge in [-0.25, -0.2) is 0 Å². The fourth-order valence-corrected chi connectivity index (χ4v) is 5.03. The number of carboxylic acids is 1. The molecule has 2 aromatic carbocycles. The second-order valence-corrected chi connectivity index (χ2v) is 9.54. The number of benzene rings is 2. The van der Waals surface area contributed by atoms with Gasteiger partial charge in [-0.15, -0.1) is 0 Å². The molecule has 1 aromatic heterocycles. The first-order valence-corrected chi connectivity index (χ1v) is 11.8. The molecule has 2 N–H and O–H groups in total. The van der Waals surface area contributed by atoms with Crippen LogP contribution in [0.2, 0.25) is 0 Å². The van der Waals surface area contributed by atoms with Gasteiger partial charge in [-0.2, -0.15) is 10.4 Å². The lowest BCUT2D eigenvalue weighted by Crippen LogP contribution is -2.47. The lowest BCUT2D eigenvalue weighted by Gasteiger charge is -2.38. The van der Waals surface area contributed by atoms with Gasteiger partial charge in [0, 0.05) is 11.4 Å². The van der Waals surface area contributed by atoms with Crippen molar-refractivity contribution in [3.63, 3.8) is 0 Å². The van der Waals surface area contributed by atoms with Crippen LogP contribution in [0, 0.1) is 16.7 Å². The van der Waals surface area contributed by atoms with Gasteiger partial charge in [-0.1, -0.05) is 24.6 Å². The second-order valence-electron chi connectivity index (χ2n) is 9.54. The molecule has 2 heterocycles. The average molecular weight is 484 g/mol. The molecule has 0 bridgehead atoms. The zero-order valence-electron chi connectivity index (χ0n) is 19.8. The number of amides is 2. The summed E-state index contributed by atoms with van der Waals surface area (Å²) in [6, 6.07) is 15.8. The van der Waals surface area contributed by atoms with E-state index in [1.165, 1.54) is 6.20 Å². The molecule has 0 saturated heterocycles. The average Bonchev–Trinajstić information content (AvgIpc) is 3.26. The molecule has 2 aliphatic rings. The molecule has 1 aliphatic carbocycles. The minimum absolute atomic E-state index is 0.157. The summed E-state index contributed by atoms with van der Waals surface area (Å²) in [6.07, 6.45) is 4.15. The summed E-state index contributed by atoms with van der Waals surface area (Å²) in [4.78, 5) is 40.0. The molecule has 0 radical (unpaired) electrons. The highest BCUT2D eigenvalue weighted by atomic mass is 16.4. The monoisotopic (exact) mass is 483 g/mol. The van der Waals surface area contributed by atoms with Gasteiger partial charge >= 0.3 is 5.97 Å². The first-order chi connectivity index (χ1) is 17.3. The number of aliphatic carboxylic acids is 1. The van der Waals surface area contributed by atoms with E-state index in [-0.39, 0.29) is 23.2 Å². The number of hydrogen-bond donors (Lipinski definition) is 2. The molecule has 9 heteroatoms. The lowest BCUT2D eigenvalue weighted by atomic mass is 9.65. The maximum atomic E-state index is 13.6. The maximum absolute atomic E-state index is 13.6. The van der Waals surface area contributed by atoms with Crippen molar-refractivity contribution in [2.75, 3.05) is 10.2 Å². The predicted molar refractivity (Wildman–Crippen MR) is 132 cm³/mol. The normalized spacial score (nSPS) is 18.1. The number of carbonyl (C=O) groups is 3. The molecular weight excluding hydrogens is 458 g/mol. The van der Waals surface area contributed by atoms with Crippen LogP contribution in [0.25, 0.3) is 0 Å². The number of rotatable bonds is 6. The summed E-state index contributed by atoms with van der Waals surface area (Å²) in [5.74, 6) is -1.57. The van der Waals surface area contributed by atoms with Gasteiger partial charge in [0.05, 0.1) is 41.4 Å². The first kappa shape index (κ1) is 23.3. The van der Waals surface area contributed by atoms with Crippen LogP contribution in [0.4, 0.5) is 11.4 Å². The fourth-order valence-electron chi connectivity index (χ4n) is 5.03. The highest BCUT2D eigenvalue weighted by molar-refractivity contribution is 6.15. The Balaban J connectivity index is 1.38. The zero-order valence-corrected chi connectivity index (χ0v) is 19.8. The topological polar surface area (TPSA) is 128 Å². The molecule has 36 heavy (non-hydrogen) atoms. The third-order valence-electron chi connectivity index (χ3n) is 7.15. The van der Waals surface area contributed by atoms with Crippen LogP contribution >= 0.6 is 0 Å². The molecule has 1 aliphatic heterocycles. The maximum Gasteiger partial charge on any atom is 0.309 e. The predicted octanol–water partition coefficient (Wildman–Crippen LogP) is 3.85. The molecule has 1 saturated carbocycles. The zero-order chi connectivity index (χ0) is 25.4. The summed E-state index contributed by atoms with van der Waals surface area (Å²) in [6.45, 7) is 2.33. The summed E-state index contributed by atoms with van der Waals surface area (Å²) in [5.41, 5.74) is 2.13. The van der Waals surface area contributed by atoms with Crippen LogP contribution in [0.15, 0.2) is 54.7 Å². The smallest absolute Gasteiger partial charge is 0.309 e. The van der Waals surface area contributed by atoms with Crippen LogP contribution in [-0.2, 0) is 17.8 Å². The van der Waals surface area contributed by atoms with Crippen molar-refractivity contribution in [3.05, 3.63) is 77.1 Å². The molecule has 1 fully saturated rings. The highest BCUT2D eigenvalue weighted by Crippen LogP contribution is 2.44. The lowest BCUT2D eigenvalue weighted by molar-refractivity contribution is -0.154. The van der Waals surface area contributed by atoms with E-state index < -0.39 is 17.3 Å². The molecule has 182 valence electrons. The van der Waals surface area contributed by atoms with E-state index in [4.69, 9.17) is 5.26 Å². The number of nitrogens with zero attached hydrogens (tertiary/aromatic N) is 4. The van der Waals surface area contributed by atoms with Crippen molar-refractivity contribution in [3.8, 4) is 6.07 Å². The summed E-state index contributed by atoms with van der Waals surface area (Å²) >= 11 is 0. The van der Waals surface area contributed by atoms with Gasteiger partial charge in [0.15, 0.2) is 0 Å². The van der Waals surface area contributed by atoms with E-state index >= 15 is 0 Å². The third-order valence-corrected chi connectivity index (χ3v) is 7.15. The van der Waals surface area contributed by atoms with Crippen LogP contribution in [-0.4, -0.2) is 38.7 Å². The summed E-state index contributed by atoms with van der Waals surface area (Å²) < 4.78 is 1.55. The van der Waals surface area contributed by atoms with Crippen molar-refractivity contribution >= 4 is 29.2 Å². The van der Waals surface area contributed by atoms with Gasteiger partial charge in [0.25, 0.3) is 11.8 Å². The minimum atomic E-state index is -0.754. The Bertz CT molecular complexity index is 1400. The number of aromatic nitrogens is 2. The van der Waals surface area contributed by atoms with E-state index in [0.29, 0.717) is 42.7 Å². The Morgan fingerprint density at radius 3 is 2.61 bits per heavy atom. The Labute approximate surface area is 208 Å². The minimum Gasteiger partial charge on any atom is -0.481 e. The number of carbonyl (C=O) groups excluding carboxylic acids is 2. The number of fused-ring (bicyclic) bond motifs is 1. The number of nitrogens with one attached hydrogen (secondary N) is 1. The summed E-state index contributed by atoms with van der Waals surface area (Å²) in [7, 11) is 0. The Morgan fingerprint density at radius 1 is 1.22 bits per heavy atom. The third kappa shape index (κ3) is 4.01. The van der Waals surface area contributed by atoms with E-state index in [0.717, 1.165) is 12.0 Å². The van der Waals surface area contributed by atoms with Gasteiger partial charge in [0.1, 0.15) is 5.69 Å². The first-order valence-electron chi connectivity index (χ1n) is 11.8. The quantitative estimate of drug-likeness (QED) is 0.548. The number of hydrogen-bond acceptors (Lipinski definition) is 5. The van der Waals surface area contributed by atoms with Crippen molar-refractivity contribution in [2.45, 2.75) is 45.2 Å². The van der Waals surface area contributed by atoms with E-state index in [1.807, 2.05) is 37.3 Å². The Morgan fingerprint density at radius 2 is 1.97 bits per heavy atom. The van der Waals surface area contributed by atoms with E-state index in [9.17, 15) is 19.5 Å². The number of nitriles is 1. The van der Waals surface area contributed by atoms with Crippen LogP contribution < -0.4 is 10.2 Å². The number of carboxylic acid groups (broad SMARTS) is 1. The molecular formula is C27H25N5O4. The van der Waals surface area contributed by atoms with E-state index in [1.54, 1.807) is 33.8 Å². The van der Waals surface area contributed by atoms with Gasteiger partial charge in [-0.3, -0.25) is 19.1 Å². The Hall–Kier alpha value is -4.45. The molecule has 1 unspecified atom stereocenters. The van der Waals surface area contributed by atoms with Gasteiger partial charge < -0.3 is 15.3 Å². The van der Waals surface area contributed by atoms with Crippen LogP contribution in [0.1, 0.15) is 58.2 Å². The van der Waals surface area contributed by atoms with E-state index in [2.05, 4.69) is 10.4 Å². The molecule has 0 spiro atoms. The molecule has 5 rings (SSSR count). The molecule has 1 atom stereocenters. The SMILES string of the molecule is CC1Cn2ncc(C(=O)Nc3cccc(C#N)c3)c2C(=O)N1c1ccc(CC2(C(=O)O)CCC2)cc1. The van der Waals surface area contributed by atoms with Crippen molar-refractivity contribution in [1.29, 1.82) is 5.26 Å². The van der Waals surface area contributed by atoms with Crippen molar-refractivity contribution in [2.24, 2.45) is 5.41 Å².